The normalized spacial score (nSPS) is 15.2. The summed E-state index contributed by atoms with van der Waals surface area (Å²) in [5, 5.41) is 6.62. The number of nitrogens with one attached hydrogen (secondary N) is 2. The Labute approximate surface area is 128 Å². The summed E-state index contributed by atoms with van der Waals surface area (Å²) in [6.07, 6.45) is 9.12. The van der Waals surface area contributed by atoms with Crippen LogP contribution < -0.4 is 15.5 Å². The van der Waals surface area contributed by atoms with E-state index in [0.717, 1.165) is 49.1 Å². The fourth-order valence-corrected chi connectivity index (χ4v) is 2.62. The first-order valence-corrected chi connectivity index (χ1v) is 7.36. The first-order valence-electron chi connectivity index (χ1n) is 7.36. The maximum absolute atomic E-state index is 4.55. The van der Waals surface area contributed by atoms with Crippen LogP contribution >= 0.6 is 0 Å². The van der Waals surface area contributed by atoms with Crippen LogP contribution in [0.15, 0.2) is 43.1 Å². The monoisotopic (exact) mass is 295 g/mol. The number of hydrogen-bond acceptors (Lipinski definition) is 6. The van der Waals surface area contributed by atoms with Crippen molar-refractivity contribution in [1.29, 1.82) is 0 Å². The van der Waals surface area contributed by atoms with Crippen LogP contribution in [0.25, 0.3) is 5.65 Å². The summed E-state index contributed by atoms with van der Waals surface area (Å²) in [6.45, 7) is 4.00. The SMILES string of the molecule is c1cn2ccnc2c(Nc2ccc(N3CCNCC3)nc2)n1. The van der Waals surface area contributed by atoms with Crippen molar-refractivity contribution >= 4 is 23.0 Å². The molecule has 7 nitrogen and oxygen atoms in total. The molecule has 3 aromatic heterocycles. The van der Waals surface area contributed by atoms with Gasteiger partial charge in [0.05, 0.1) is 11.9 Å². The number of anilines is 3. The highest BCUT2D eigenvalue weighted by Crippen LogP contribution is 2.20. The molecule has 4 rings (SSSR count). The van der Waals surface area contributed by atoms with E-state index in [9.17, 15) is 0 Å². The van der Waals surface area contributed by atoms with Crippen LogP contribution in [0.5, 0.6) is 0 Å². The molecule has 4 heterocycles. The Hall–Kier alpha value is -2.67. The molecule has 3 aromatic rings. The van der Waals surface area contributed by atoms with E-state index in [0.29, 0.717) is 0 Å². The van der Waals surface area contributed by atoms with Crippen LogP contribution in [-0.4, -0.2) is 45.5 Å². The Morgan fingerprint density at radius 3 is 2.59 bits per heavy atom. The van der Waals surface area contributed by atoms with E-state index < -0.39 is 0 Å². The smallest absolute Gasteiger partial charge is 0.180 e. The number of hydrogen-bond donors (Lipinski definition) is 2. The van der Waals surface area contributed by atoms with Crippen molar-refractivity contribution in [3.63, 3.8) is 0 Å². The molecule has 0 aliphatic carbocycles. The van der Waals surface area contributed by atoms with Gasteiger partial charge in [0.2, 0.25) is 0 Å². The third kappa shape index (κ3) is 2.46. The van der Waals surface area contributed by atoms with Crippen LogP contribution in [0.1, 0.15) is 0 Å². The lowest BCUT2D eigenvalue weighted by Gasteiger charge is -2.28. The maximum atomic E-state index is 4.55. The summed E-state index contributed by atoms with van der Waals surface area (Å²) < 4.78 is 1.93. The lowest BCUT2D eigenvalue weighted by atomic mass is 10.3. The number of aromatic nitrogens is 4. The molecule has 1 aliphatic rings. The van der Waals surface area contributed by atoms with Crippen molar-refractivity contribution in [3.8, 4) is 0 Å². The fourth-order valence-electron chi connectivity index (χ4n) is 2.62. The van der Waals surface area contributed by atoms with Crippen molar-refractivity contribution in [3.05, 3.63) is 43.1 Å². The molecule has 0 saturated carbocycles. The summed E-state index contributed by atoms with van der Waals surface area (Å²) in [4.78, 5) is 15.5. The predicted octanol–water partition coefficient (Wildman–Crippen LogP) is 1.28. The highest BCUT2D eigenvalue weighted by Gasteiger charge is 2.11. The molecule has 112 valence electrons. The minimum Gasteiger partial charge on any atom is -0.354 e. The van der Waals surface area contributed by atoms with Gasteiger partial charge in [0.15, 0.2) is 11.5 Å². The summed E-state index contributed by atoms with van der Waals surface area (Å²) in [6, 6.07) is 4.07. The maximum Gasteiger partial charge on any atom is 0.180 e. The molecule has 22 heavy (non-hydrogen) atoms. The van der Waals surface area contributed by atoms with Crippen molar-refractivity contribution in [2.24, 2.45) is 0 Å². The van der Waals surface area contributed by atoms with E-state index >= 15 is 0 Å². The Bertz CT molecular complexity index is 759. The summed E-state index contributed by atoms with van der Waals surface area (Å²) in [7, 11) is 0. The van der Waals surface area contributed by atoms with Crippen molar-refractivity contribution in [2.75, 3.05) is 36.4 Å². The molecule has 0 radical (unpaired) electrons. The van der Waals surface area contributed by atoms with Gasteiger partial charge in [0.1, 0.15) is 5.82 Å². The molecule has 0 spiro atoms. The fraction of sp³-hybridized carbons (Fsp3) is 0.267. The van der Waals surface area contributed by atoms with Gasteiger partial charge in [-0.15, -0.1) is 0 Å². The van der Waals surface area contributed by atoms with Crippen molar-refractivity contribution in [2.45, 2.75) is 0 Å². The average Bonchev–Trinajstić information content (AvgIpc) is 3.06. The second kappa shape index (κ2) is 5.61. The minimum atomic E-state index is 0.726. The number of rotatable bonds is 3. The highest BCUT2D eigenvalue weighted by molar-refractivity contribution is 5.69. The lowest BCUT2D eigenvalue weighted by molar-refractivity contribution is 0.585. The van der Waals surface area contributed by atoms with Gasteiger partial charge in [-0.3, -0.25) is 0 Å². The molecule has 1 saturated heterocycles. The zero-order valence-corrected chi connectivity index (χ0v) is 12.1. The van der Waals surface area contributed by atoms with Gasteiger partial charge in [0, 0.05) is 51.0 Å². The van der Waals surface area contributed by atoms with Gasteiger partial charge in [-0.1, -0.05) is 0 Å². The van der Waals surface area contributed by atoms with Crippen molar-refractivity contribution < 1.29 is 0 Å². The van der Waals surface area contributed by atoms with Gasteiger partial charge in [-0.25, -0.2) is 15.0 Å². The second-order valence-electron chi connectivity index (χ2n) is 5.20. The van der Waals surface area contributed by atoms with Crippen LogP contribution in [-0.2, 0) is 0 Å². The van der Waals surface area contributed by atoms with E-state index in [1.165, 1.54) is 0 Å². The minimum absolute atomic E-state index is 0.726. The second-order valence-corrected chi connectivity index (χ2v) is 5.20. The molecule has 1 aliphatic heterocycles. The Morgan fingerprint density at radius 1 is 1.00 bits per heavy atom. The Kier molecular flexibility index (Phi) is 3.32. The molecule has 0 unspecified atom stereocenters. The summed E-state index contributed by atoms with van der Waals surface area (Å²) in [5.74, 6) is 1.74. The van der Waals surface area contributed by atoms with Gasteiger partial charge < -0.3 is 19.9 Å². The molecule has 0 atom stereocenters. The molecule has 1 fully saturated rings. The number of fused-ring (bicyclic) bond motifs is 1. The van der Waals surface area contributed by atoms with E-state index in [1.807, 2.05) is 35.1 Å². The van der Waals surface area contributed by atoms with Crippen LogP contribution in [0.4, 0.5) is 17.3 Å². The van der Waals surface area contributed by atoms with Gasteiger partial charge in [-0.2, -0.15) is 0 Å². The van der Waals surface area contributed by atoms with Crippen LogP contribution in [0, 0.1) is 0 Å². The van der Waals surface area contributed by atoms with E-state index in [1.54, 1.807) is 12.4 Å². The molecular formula is C15H17N7. The van der Waals surface area contributed by atoms with E-state index in [-0.39, 0.29) is 0 Å². The number of piperazine rings is 1. The quantitative estimate of drug-likeness (QED) is 0.758. The molecule has 2 N–H and O–H groups in total. The third-order valence-corrected chi connectivity index (χ3v) is 3.76. The average molecular weight is 295 g/mol. The van der Waals surface area contributed by atoms with E-state index in [2.05, 4.69) is 30.5 Å². The third-order valence-electron chi connectivity index (χ3n) is 3.76. The number of imidazole rings is 1. The Balaban J connectivity index is 1.54. The first kappa shape index (κ1) is 13.0. The van der Waals surface area contributed by atoms with Crippen LogP contribution in [0.3, 0.4) is 0 Å². The van der Waals surface area contributed by atoms with Gasteiger partial charge >= 0.3 is 0 Å². The van der Waals surface area contributed by atoms with Gasteiger partial charge in [-0.05, 0) is 12.1 Å². The first-order chi connectivity index (χ1) is 10.9. The zero-order chi connectivity index (χ0) is 14.8. The number of pyridine rings is 1. The highest BCUT2D eigenvalue weighted by atomic mass is 15.2. The largest absolute Gasteiger partial charge is 0.354 e. The lowest BCUT2D eigenvalue weighted by Crippen LogP contribution is -2.43. The zero-order valence-electron chi connectivity index (χ0n) is 12.1. The molecule has 0 bridgehead atoms. The number of nitrogens with zero attached hydrogens (tertiary/aromatic N) is 5. The van der Waals surface area contributed by atoms with Gasteiger partial charge in [0.25, 0.3) is 0 Å². The topological polar surface area (TPSA) is 70.4 Å². The summed E-state index contributed by atoms with van der Waals surface area (Å²) in [5.41, 5.74) is 1.70. The van der Waals surface area contributed by atoms with E-state index in [4.69, 9.17) is 0 Å². The molecular weight excluding hydrogens is 278 g/mol. The predicted molar refractivity (Wildman–Crippen MR) is 85.6 cm³/mol. The Morgan fingerprint density at radius 2 is 1.82 bits per heavy atom. The molecule has 0 aromatic carbocycles. The molecule has 0 amide bonds. The van der Waals surface area contributed by atoms with Crippen LogP contribution in [0.2, 0.25) is 0 Å². The standard InChI is InChI=1S/C15H17N7/c1-2-13(21-7-3-16-4-8-21)19-11-12(1)20-14-15-18-6-10-22(15)9-5-17-14/h1-2,5-6,9-11,16H,3-4,7-8H2,(H,17,20). The summed E-state index contributed by atoms with van der Waals surface area (Å²) >= 11 is 0. The molecule has 7 heteroatoms. The van der Waals surface area contributed by atoms with Crippen molar-refractivity contribution in [1.82, 2.24) is 24.7 Å².